The minimum Gasteiger partial charge on any atom is -0.465 e. The number of carbonyl (C=O) groups excluding carboxylic acids is 1. The van der Waals surface area contributed by atoms with Crippen LogP contribution in [0.1, 0.15) is 10.4 Å². The third-order valence-corrected chi connectivity index (χ3v) is 1.75. The van der Waals surface area contributed by atoms with Gasteiger partial charge < -0.3 is 9.30 Å². The fraction of sp³-hybridized carbons (Fsp3) is 0.200. The van der Waals surface area contributed by atoms with Crippen molar-refractivity contribution in [3.8, 4) is 0 Å². The van der Waals surface area contributed by atoms with Crippen LogP contribution in [0.25, 0.3) is 0 Å². The van der Waals surface area contributed by atoms with Crippen molar-refractivity contribution >= 4 is 5.97 Å². The minimum absolute atomic E-state index is 0.0388. The lowest BCUT2D eigenvalue weighted by Crippen LogP contribution is -2.25. The summed E-state index contributed by atoms with van der Waals surface area (Å²) in [6.07, 6.45) is 3.18. The van der Waals surface area contributed by atoms with E-state index in [2.05, 4.69) is 11.3 Å². The number of allylic oxidation sites excluding steroid dienone is 1. The number of aromatic nitrogens is 1. The van der Waals surface area contributed by atoms with Crippen LogP contribution in [0.2, 0.25) is 0 Å². The Morgan fingerprint density at radius 1 is 1.71 bits per heavy atom. The van der Waals surface area contributed by atoms with Gasteiger partial charge in [-0.2, -0.15) is 0 Å². The van der Waals surface area contributed by atoms with Crippen molar-refractivity contribution in [2.75, 3.05) is 7.11 Å². The number of esters is 1. The normalized spacial score (nSPS) is 9.50. The average molecular weight is 193 g/mol. The Balaban J connectivity index is 3.20. The molecule has 0 fully saturated rings. The molecule has 4 heteroatoms. The lowest BCUT2D eigenvalue weighted by atomic mass is 10.3. The van der Waals surface area contributed by atoms with E-state index in [0.717, 1.165) is 0 Å². The largest absolute Gasteiger partial charge is 0.465 e. The first kappa shape index (κ1) is 10.2. The molecule has 14 heavy (non-hydrogen) atoms. The van der Waals surface area contributed by atoms with Crippen molar-refractivity contribution in [2.45, 2.75) is 6.54 Å². The zero-order chi connectivity index (χ0) is 10.6. The summed E-state index contributed by atoms with van der Waals surface area (Å²) in [6, 6.07) is 3.06. The molecule has 0 atom stereocenters. The molecule has 0 amide bonds. The first-order chi connectivity index (χ1) is 6.70. The van der Waals surface area contributed by atoms with Gasteiger partial charge in [0.1, 0.15) is 5.56 Å². The van der Waals surface area contributed by atoms with E-state index in [1.807, 2.05) is 0 Å². The van der Waals surface area contributed by atoms with Crippen LogP contribution in [0.5, 0.6) is 0 Å². The number of carbonyl (C=O) groups is 1. The molecule has 0 unspecified atom stereocenters. The summed E-state index contributed by atoms with van der Waals surface area (Å²) in [5.41, 5.74) is -0.323. The number of hydrogen-bond donors (Lipinski definition) is 0. The van der Waals surface area contributed by atoms with Crippen molar-refractivity contribution in [1.82, 2.24) is 4.57 Å². The van der Waals surface area contributed by atoms with Gasteiger partial charge in [0, 0.05) is 12.7 Å². The number of ether oxygens (including phenoxy) is 1. The topological polar surface area (TPSA) is 48.3 Å². The molecule has 1 aromatic heterocycles. The van der Waals surface area contributed by atoms with Gasteiger partial charge >= 0.3 is 5.97 Å². The van der Waals surface area contributed by atoms with Gasteiger partial charge in [-0.15, -0.1) is 6.58 Å². The first-order valence-corrected chi connectivity index (χ1v) is 4.09. The number of pyridine rings is 1. The number of rotatable bonds is 3. The first-order valence-electron chi connectivity index (χ1n) is 4.09. The molecule has 1 rings (SSSR count). The Morgan fingerprint density at radius 2 is 2.43 bits per heavy atom. The summed E-state index contributed by atoms with van der Waals surface area (Å²) in [6.45, 7) is 3.89. The molecule has 0 aliphatic heterocycles. The van der Waals surface area contributed by atoms with E-state index in [4.69, 9.17) is 0 Å². The van der Waals surface area contributed by atoms with Crippen LogP contribution >= 0.6 is 0 Å². The number of nitrogens with zero attached hydrogens (tertiary/aromatic N) is 1. The van der Waals surface area contributed by atoms with E-state index in [-0.39, 0.29) is 11.1 Å². The zero-order valence-electron chi connectivity index (χ0n) is 7.90. The highest BCUT2D eigenvalue weighted by molar-refractivity contribution is 5.88. The van der Waals surface area contributed by atoms with E-state index in [1.54, 1.807) is 18.3 Å². The van der Waals surface area contributed by atoms with Gasteiger partial charge in [-0.1, -0.05) is 6.08 Å². The summed E-state index contributed by atoms with van der Waals surface area (Å²) in [4.78, 5) is 22.7. The molecule has 0 bridgehead atoms. The minimum atomic E-state index is -0.617. The third-order valence-electron chi connectivity index (χ3n) is 1.75. The van der Waals surface area contributed by atoms with Crippen LogP contribution in [0.4, 0.5) is 0 Å². The van der Waals surface area contributed by atoms with Gasteiger partial charge in [-0.3, -0.25) is 4.79 Å². The summed E-state index contributed by atoms with van der Waals surface area (Å²) < 4.78 is 5.86. The maximum atomic E-state index is 11.6. The molecule has 4 nitrogen and oxygen atoms in total. The zero-order valence-corrected chi connectivity index (χ0v) is 7.90. The second-order valence-corrected chi connectivity index (χ2v) is 2.66. The van der Waals surface area contributed by atoms with Crippen molar-refractivity contribution < 1.29 is 9.53 Å². The van der Waals surface area contributed by atoms with E-state index >= 15 is 0 Å². The molecule has 0 aliphatic rings. The number of methoxy groups -OCH3 is 1. The van der Waals surface area contributed by atoms with Gasteiger partial charge in [0.05, 0.1) is 7.11 Å². The molecule has 0 radical (unpaired) electrons. The summed E-state index contributed by atoms with van der Waals surface area (Å²) >= 11 is 0. The maximum Gasteiger partial charge on any atom is 0.343 e. The van der Waals surface area contributed by atoms with Crippen LogP contribution < -0.4 is 5.56 Å². The van der Waals surface area contributed by atoms with Crippen LogP contribution in [0.15, 0.2) is 35.8 Å². The maximum absolute atomic E-state index is 11.6. The van der Waals surface area contributed by atoms with Crippen LogP contribution in [-0.2, 0) is 11.3 Å². The lowest BCUT2D eigenvalue weighted by molar-refractivity contribution is 0.0598. The Morgan fingerprint density at radius 3 is 3.00 bits per heavy atom. The van der Waals surface area contributed by atoms with Crippen molar-refractivity contribution in [3.05, 3.63) is 46.9 Å². The standard InChI is InChI=1S/C10H11NO3/c1-3-6-11-7-4-5-8(9(11)12)10(13)14-2/h3-5,7H,1,6H2,2H3. The van der Waals surface area contributed by atoms with Gasteiger partial charge in [0.15, 0.2) is 0 Å². The van der Waals surface area contributed by atoms with Gasteiger partial charge in [-0.05, 0) is 12.1 Å². The van der Waals surface area contributed by atoms with Crippen LogP contribution in [0.3, 0.4) is 0 Å². The van der Waals surface area contributed by atoms with E-state index in [0.29, 0.717) is 6.54 Å². The number of hydrogen-bond acceptors (Lipinski definition) is 3. The second-order valence-electron chi connectivity index (χ2n) is 2.66. The molecule has 0 aromatic carbocycles. The Labute approximate surface area is 81.4 Å². The Kier molecular flexibility index (Phi) is 3.23. The monoisotopic (exact) mass is 193 g/mol. The summed E-state index contributed by atoms with van der Waals surface area (Å²) in [5.74, 6) is -0.617. The van der Waals surface area contributed by atoms with E-state index < -0.39 is 5.97 Å². The molecule has 0 saturated heterocycles. The van der Waals surface area contributed by atoms with Crippen molar-refractivity contribution in [1.29, 1.82) is 0 Å². The van der Waals surface area contributed by atoms with Gasteiger partial charge in [0.2, 0.25) is 0 Å². The molecule has 0 aliphatic carbocycles. The van der Waals surface area contributed by atoms with Crippen LogP contribution in [-0.4, -0.2) is 17.6 Å². The SMILES string of the molecule is C=CCn1cccc(C(=O)OC)c1=O. The molecule has 0 spiro atoms. The van der Waals surface area contributed by atoms with Crippen LogP contribution in [0, 0.1) is 0 Å². The molecule has 74 valence electrons. The molecule has 0 N–H and O–H groups in total. The van der Waals surface area contributed by atoms with Gasteiger partial charge in [0.25, 0.3) is 5.56 Å². The Hall–Kier alpha value is -1.84. The second kappa shape index (κ2) is 4.41. The van der Waals surface area contributed by atoms with Crippen molar-refractivity contribution in [3.63, 3.8) is 0 Å². The molecular formula is C10H11NO3. The fourth-order valence-electron chi connectivity index (χ4n) is 1.09. The predicted molar refractivity (Wildman–Crippen MR) is 52.2 cm³/mol. The third kappa shape index (κ3) is 1.90. The quantitative estimate of drug-likeness (QED) is 0.527. The van der Waals surface area contributed by atoms with E-state index in [9.17, 15) is 9.59 Å². The molecular weight excluding hydrogens is 182 g/mol. The molecule has 1 aromatic rings. The highest BCUT2D eigenvalue weighted by Crippen LogP contribution is 1.94. The molecule has 1 heterocycles. The summed E-state index contributed by atoms with van der Waals surface area (Å²) in [5, 5.41) is 0. The Bertz CT molecular complexity index is 406. The fourth-order valence-corrected chi connectivity index (χ4v) is 1.09. The van der Waals surface area contributed by atoms with E-state index in [1.165, 1.54) is 17.7 Å². The lowest BCUT2D eigenvalue weighted by Gasteiger charge is -2.03. The highest BCUT2D eigenvalue weighted by Gasteiger charge is 2.10. The molecule has 0 saturated carbocycles. The van der Waals surface area contributed by atoms with Gasteiger partial charge in [-0.25, -0.2) is 4.79 Å². The average Bonchev–Trinajstić information content (AvgIpc) is 2.20. The summed E-state index contributed by atoms with van der Waals surface area (Å²) in [7, 11) is 1.24. The van der Waals surface area contributed by atoms with Crippen molar-refractivity contribution in [2.24, 2.45) is 0 Å². The predicted octanol–water partition coefficient (Wildman–Crippen LogP) is 0.821. The smallest absolute Gasteiger partial charge is 0.343 e. The highest BCUT2D eigenvalue weighted by atomic mass is 16.5.